The Morgan fingerprint density at radius 2 is 2.04 bits per heavy atom. The van der Waals surface area contributed by atoms with E-state index in [0.717, 1.165) is 12.3 Å². The molecule has 0 spiro atoms. The standard InChI is InChI=1S/C18H23F3N4O2/c1-17(2,3)13(26)9-14(22)24-16(27)12-5-4-8-25(12)15-7-6-11(10-23-15)18(19,20)21/h6-7,9-10,12,26H,4-5,8H2,1-3H3,(H2,22,24,27)/b13-9-/t12-/m0/s1. The molecule has 1 fully saturated rings. The van der Waals surface area contributed by atoms with Crippen LogP contribution in [0.15, 0.2) is 30.2 Å². The summed E-state index contributed by atoms with van der Waals surface area (Å²) in [6, 6.07) is 1.53. The molecule has 0 aliphatic carbocycles. The van der Waals surface area contributed by atoms with Crippen LogP contribution in [0.25, 0.3) is 0 Å². The van der Waals surface area contributed by atoms with Crippen molar-refractivity contribution in [1.29, 1.82) is 5.41 Å². The van der Waals surface area contributed by atoms with Crippen molar-refractivity contribution in [3.8, 4) is 0 Å². The number of allylic oxidation sites excluding steroid dienone is 1. The maximum atomic E-state index is 12.7. The summed E-state index contributed by atoms with van der Waals surface area (Å²) in [5.74, 6) is -0.474. The van der Waals surface area contributed by atoms with Gasteiger partial charge in [-0.1, -0.05) is 20.8 Å². The Morgan fingerprint density at radius 3 is 2.56 bits per heavy atom. The minimum atomic E-state index is -4.47. The summed E-state index contributed by atoms with van der Waals surface area (Å²) in [6.07, 6.45) is -1.37. The van der Waals surface area contributed by atoms with Crippen LogP contribution in [-0.4, -0.2) is 34.4 Å². The number of alkyl halides is 3. The maximum absolute atomic E-state index is 12.7. The quantitative estimate of drug-likeness (QED) is 0.422. The molecule has 1 aliphatic heterocycles. The van der Waals surface area contributed by atoms with Gasteiger partial charge in [-0.25, -0.2) is 4.98 Å². The number of hydrogen-bond acceptors (Lipinski definition) is 5. The monoisotopic (exact) mass is 384 g/mol. The highest BCUT2D eigenvalue weighted by Crippen LogP contribution is 2.31. The second-order valence-corrected chi connectivity index (χ2v) is 7.44. The van der Waals surface area contributed by atoms with E-state index in [2.05, 4.69) is 10.3 Å². The molecule has 9 heteroatoms. The number of nitrogens with zero attached hydrogens (tertiary/aromatic N) is 2. The Hall–Kier alpha value is -2.58. The van der Waals surface area contributed by atoms with E-state index in [-0.39, 0.29) is 17.4 Å². The number of carbonyl (C=O) groups excluding carboxylic acids is 1. The van der Waals surface area contributed by atoms with Crippen LogP contribution in [0, 0.1) is 10.8 Å². The smallest absolute Gasteiger partial charge is 0.417 e. The molecule has 27 heavy (non-hydrogen) atoms. The van der Waals surface area contributed by atoms with E-state index in [4.69, 9.17) is 5.41 Å². The fourth-order valence-corrected chi connectivity index (χ4v) is 2.64. The Morgan fingerprint density at radius 1 is 1.37 bits per heavy atom. The van der Waals surface area contributed by atoms with Gasteiger partial charge in [-0.2, -0.15) is 13.2 Å². The first-order chi connectivity index (χ1) is 12.4. The Kier molecular flexibility index (Phi) is 5.82. The van der Waals surface area contributed by atoms with E-state index in [1.807, 2.05) is 0 Å². The number of aromatic nitrogens is 1. The number of pyridine rings is 1. The Labute approximate surface area is 155 Å². The number of halogens is 3. The van der Waals surface area contributed by atoms with Crippen molar-refractivity contribution < 1.29 is 23.1 Å². The van der Waals surface area contributed by atoms with Gasteiger partial charge in [-0.15, -0.1) is 0 Å². The number of hydrogen-bond donors (Lipinski definition) is 3. The van der Waals surface area contributed by atoms with E-state index in [9.17, 15) is 23.1 Å². The number of rotatable bonds is 3. The zero-order valence-corrected chi connectivity index (χ0v) is 15.4. The number of anilines is 1. The Bertz CT molecular complexity index is 736. The summed E-state index contributed by atoms with van der Waals surface area (Å²) in [7, 11) is 0. The Balaban J connectivity index is 2.09. The SMILES string of the molecule is CC(C)(C)/C(O)=C/C(=N)NC(=O)[C@@H]1CCCN1c1ccc(C(F)(F)F)cn1. The van der Waals surface area contributed by atoms with E-state index in [0.29, 0.717) is 19.4 Å². The molecule has 0 radical (unpaired) electrons. The fourth-order valence-electron chi connectivity index (χ4n) is 2.64. The van der Waals surface area contributed by atoms with Crippen LogP contribution in [0.4, 0.5) is 19.0 Å². The second kappa shape index (κ2) is 7.58. The van der Waals surface area contributed by atoms with Crippen molar-refractivity contribution >= 4 is 17.6 Å². The molecule has 1 atom stereocenters. The van der Waals surface area contributed by atoms with Gasteiger partial charge >= 0.3 is 6.18 Å². The van der Waals surface area contributed by atoms with Crippen LogP contribution in [0.3, 0.4) is 0 Å². The average molecular weight is 384 g/mol. The minimum Gasteiger partial charge on any atom is -0.512 e. The van der Waals surface area contributed by atoms with Crippen LogP contribution in [0.1, 0.15) is 39.2 Å². The summed E-state index contributed by atoms with van der Waals surface area (Å²) in [5.41, 5.74) is -1.41. The molecule has 0 saturated carbocycles. The lowest BCUT2D eigenvalue weighted by Crippen LogP contribution is -2.45. The third kappa shape index (κ3) is 5.21. The number of amides is 1. The first-order valence-electron chi connectivity index (χ1n) is 8.50. The molecule has 1 aromatic heterocycles. The lowest BCUT2D eigenvalue weighted by Gasteiger charge is -2.25. The molecule has 2 rings (SSSR count). The molecule has 0 bridgehead atoms. The highest BCUT2D eigenvalue weighted by Gasteiger charge is 2.34. The zero-order valence-electron chi connectivity index (χ0n) is 15.4. The van der Waals surface area contributed by atoms with Gasteiger partial charge in [0.15, 0.2) is 0 Å². The first kappa shape index (κ1) is 20.7. The van der Waals surface area contributed by atoms with Gasteiger partial charge in [0.2, 0.25) is 5.91 Å². The topological polar surface area (TPSA) is 89.3 Å². The van der Waals surface area contributed by atoms with Crippen LogP contribution in [0.2, 0.25) is 0 Å². The highest BCUT2D eigenvalue weighted by atomic mass is 19.4. The summed E-state index contributed by atoms with van der Waals surface area (Å²) in [4.78, 5) is 17.9. The summed E-state index contributed by atoms with van der Waals surface area (Å²) in [6.45, 7) is 5.78. The summed E-state index contributed by atoms with van der Waals surface area (Å²) < 4.78 is 38.0. The molecule has 1 aromatic rings. The van der Waals surface area contributed by atoms with Crippen molar-refractivity contribution in [2.24, 2.45) is 5.41 Å². The number of amidine groups is 1. The second-order valence-electron chi connectivity index (χ2n) is 7.44. The van der Waals surface area contributed by atoms with Gasteiger partial charge in [-0.05, 0) is 25.0 Å². The fraction of sp³-hybridized carbons (Fsp3) is 0.500. The minimum absolute atomic E-state index is 0.0412. The van der Waals surface area contributed by atoms with Crippen LogP contribution < -0.4 is 10.2 Å². The van der Waals surface area contributed by atoms with Crippen LogP contribution >= 0.6 is 0 Å². The van der Waals surface area contributed by atoms with Crippen LogP contribution in [0.5, 0.6) is 0 Å². The van der Waals surface area contributed by atoms with Gasteiger partial charge in [0.05, 0.1) is 5.56 Å². The van der Waals surface area contributed by atoms with Gasteiger partial charge in [0.1, 0.15) is 23.5 Å². The molecule has 1 saturated heterocycles. The van der Waals surface area contributed by atoms with Crippen molar-refractivity contribution in [3.63, 3.8) is 0 Å². The molecule has 2 heterocycles. The van der Waals surface area contributed by atoms with Crippen molar-refractivity contribution in [1.82, 2.24) is 10.3 Å². The lowest BCUT2D eigenvalue weighted by molar-refractivity contribution is -0.137. The molecular formula is C18H23F3N4O2. The predicted molar refractivity (Wildman–Crippen MR) is 95.6 cm³/mol. The normalized spacial score (nSPS) is 18.5. The van der Waals surface area contributed by atoms with E-state index in [1.54, 1.807) is 25.7 Å². The lowest BCUT2D eigenvalue weighted by atomic mass is 9.93. The molecule has 3 N–H and O–H groups in total. The van der Waals surface area contributed by atoms with Gasteiger partial charge in [0.25, 0.3) is 0 Å². The van der Waals surface area contributed by atoms with Crippen LogP contribution in [-0.2, 0) is 11.0 Å². The maximum Gasteiger partial charge on any atom is 0.417 e. The third-order valence-electron chi connectivity index (χ3n) is 4.23. The number of carbonyl (C=O) groups is 1. The van der Waals surface area contributed by atoms with Crippen molar-refractivity contribution in [2.45, 2.75) is 45.8 Å². The highest BCUT2D eigenvalue weighted by molar-refractivity contribution is 6.05. The number of nitrogens with one attached hydrogen (secondary N) is 2. The molecule has 148 valence electrons. The molecule has 1 aliphatic rings. The van der Waals surface area contributed by atoms with Gasteiger partial charge < -0.3 is 15.3 Å². The van der Waals surface area contributed by atoms with Crippen molar-refractivity contribution in [3.05, 3.63) is 35.7 Å². The number of aliphatic hydroxyl groups is 1. The van der Waals surface area contributed by atoms with E-state index in [1.165, 1.54) is 12.1 Å². The first-order valence-corrected chi connectivity index (χ1v) is 8.50. The zero-order chi connectivity index (χ0) is 20.4. The number of aliphatic hydroxyl groups excluding tert-OH is 1. The molecule has 6 nitrogen and oxygen atoms in total. The summed E-state index contributed by atoms with van der Waals surface area (Å²) in [5, 5.41) is 20.2. The summed E-state index contributed by atoms with van der Waals surface area (Å²) >= 11 is 0. The van der Waals surface area contributed by atoms with E-state index >= 15 is 0 Å². The average Bonchev–Trinajstić information content (AvgIpc) is 3.02. The van der Waals surface area contributed by atoms with Gasteiger partial charge in [0, 0.05) is 24.2 Å². The van der Waals surface area contributed by atoms with E-state index < -0.39 is 29.1 Å². The van der Waals surface area contributed by atoms with Crippen molar-refractivity contribution in [2.75, 3.05) is 11.4 Å². The van der Waals surface area contributed by atoms with Gasteiger partial charge in [-0.3, -0.25) is 10.2 Å². The molecule has 1 amide bonds. The third-order valence-corrected chi connectivity index (χ3v) is 4.23. The molecule has 0 aromatic carbocycles. The molecular weight excluding hydrogens is 361 g/mol. The molecule has 0 unspecified atom stereocenters. The largest absolute Gasteiger partial charge is 0.512 e. The predicted octanol–water partition coefficient (Wildman–Crippen LogP) is 3.65.